The molecule has 0 saturated heterocycles. The van der Waals surface area contributed by atoms with Crippen LogP contribution in [0.4, 0.5) is 10.8 Å². The molecule has 3 rings (SSSR count). The van der Waals surface area contributed by atoms with E-state index in [0.717, 1.165) is 11.3 Å². The number of oxazole rings is 1. The summed E-state index contributed by atoms with van der Waals surface area (Å²) in [5.74, 6) is 0.0652. The second kappa shape index (κ2) is 5.59. The SMILES string of the molecule is CC(=O)Nc1nnc(S(=O)(=O)Nc2cccc3nc(C)oc23)s1. The monoisotopic (exact) mass is 353 g/mol. The molecular formula is C12H11N5O4S2. The number of carbonyl (C=O) groups excluding carboxylic acids is 1. The molecule has 1 amide bonds. The molecule has 0 aliphatic heterocycles. The number of carbonyl (C=O) groups is 1. The molecule has 120 valence electrons. The smallest absolute Gasteiger partial charge is 0.291 e. The Labute approximate surface area is 134 Å². The largest absolute Gasteiger partial charge is 0.439 e. The molecule has 0 radical (unpaired) electrons. The average molecular weight is 353 g/mol. The van der Waals surface area contributed by atoms with E-state index in [-0.39, 0.29) is 21.1 Å². The van der Waals surface area contributed by atoms with Crippen LogP contribution < -0.4 is 10.0 Å². The van der Waals surface area contributed by atoms with Crippen molar-refractivity contribution < 1.29 is 17.6 Å². The van der Waals surface area contributed by atoms with Crippen molar-refractivity contribution in [3.05, 3.63) is 24.1 Å². The minimum absolute atomic E-state index is 0.103. The normalized spacial score (nSPS) is 11.6. The third kappa shape index (κ3) is 3.14. The van der Waals surface area contributed by atoms with Crippen molar-refractivity contribution in [1.29, 1.82) is 0 Å². The maximum Gasteiger partial charge on any atom is 0.291 e. The number of sulfonamides is 1. The molecule has 0 fully saturated rings. The number of aryl methyl sites for hydroxylation is 1. The predicted octanol–water partition coefficient (Wildman–Crippen LogP) is 1.75. The summed E-state index contributed by atoms with van der Waals surface area (Å²) < 4.78 is 32.3. The quantitative estimate of drug-likeness (QED) is 0.684. The number of hydrogen-bond acceptors (Lipinski definition) is 8. The molecule has 0 atom stereocenters. The molecule has 0 unspecified atom stereocenters. The summed E-state index contributed by atoms with van der Waals surface area (Å²) in [5.41, 5.74) is 1.12. The van der Waals surface area contributed by atoms with Crippen LogP contribution in [0.3, 0.4) is 0 Å². The predicted molar refractivity (Wildman–Crippen MR) is 83.8 cm³/mol. The topological polar surface area (TPSA) is 127 Å². The van der Waals surface area contributed by atoms with Crippen molar-refractivity contribution in [2.75, 3.05) is 10.0 Å². The van der Waals surface area contributed by atoms with Gasteiger partial charge in [0.05, 0.1) is 5.69 Å². The van der Waals surface area contributed by atoms with Crippen LogP contribution in [-0.2, 0) is 14.8 Å². The minimum atomic E-state index is -3.95. The summed E-state index contributed by atoms with van der Waals surface area (Å²) >= 11 is 0.747. The van der Waals surface area contributed by atoms with E-state index in [1.165, 1.54) is 6.92 Å². The fourth-order valence-corrected chi connectivity index (χ4v) is 3.86. The summed E-state index contributed by atoms with van der Waals surface area (Å²) in [6.07, 6.45) is 0. The van der Waals surface area contributed by atoms with Crippen LogP contribution in [0, 0.1) is 6.92 Å². The van der Waals surface area contributed by atoms with Gasteiger partial charge in [0.1, 0.15) is 5.52 Å². The van der Waals surface area contributed by atoms with E-state index >= 15 is 0 Å². The van der Waals surface area contributed by atoms with Crippen LogP contribution >= 0.6 is 11.3 Å². The maximum atomic E-state index is 12.4. The summed E-state index contributed by atoms with van der Waals surface area (Å²) in [7, 11) is -3.95. The Hall–Kier alpha value is -2.53. The summed E-state index contributed by atoms with van der Waals surface area (Å²) in [6, 6.07) is 4.93. The number of hydrogen-bond donors (Lipinski definition) is 2. The van der Waals surface area contributed by atoms with Gasteiger partial charge in [-0.15, -0.1) is 10.2 Å². The molecule has 9 nitrogen and oxygen atoms in total. The van der Waals surface area contributed by atoms with Crippen LogP contribution in [0.2, 0.25) is 0 Å². The van der Waals surface area contributed by atoms with Gasteiger partial charge in [0.2, 0.25) is 11.0 Å². The Balaban J connectivity index is 1.93. The number of amides is 1. The number of rotatable bonds is 4. The summed E-state index contributed by atoms with van der Waals surface area (Å²) in [4.78, 5) is 15.1. The van der Waals surface area contributed by atoms with Gasteiger partial charge >= 0.3 is 0 Å². The molecular weight excluding hydrogens is 342 g/mol. The third-order valence-electron chi connectivity index (χ3n) is 2.69. The molecule has 2 aromatic heterocycles. The lowest BCUT2D eigenvalue weighted by molar-refractivity contribution is -0.114. The van der Waals surface area contributed by atoms with E-state index in [2.05, 4.69) is 25.2 Å². The standard InChI is InChI=1S/C12H11N5O4S2/c1-6(18)13-11-15-16-12(22-11)23(19,20)17-9-5-3-4-8-10(9)21-7(2)14-8/h3-5,17H,1-2H3,(H,13,15,18). The zero-order valence-electron chi connectivity index (χ0n) is 12.0. The van der Waals surface area contributed by atoms with Gasteiger partial charge in [-0.25, -0.2) is 4.98 Å². The van der Waals surface area contributed by atoms with Crippen LogP contribution in [0.1, 0.15) is 12.8 Å². The Morgan fingerprint density at radius 2 is 2.09 bits per heavy atom. The van der Waals surface area contributed by atoms with Crippen molar-refractivity contribution in [3.63, 3.8) is 0 Å². The van der Waals surface area contributed by atoms with E-state index < -0.39 is 10.0 Å². The Bertz CT molecular complexity index is 992. The van der Waals surface area contributed by atoms with E-state index in [0.29, 0.717) is 17.0 Å². The fourth-order valence-electron chi connectivity index (χ4n) is 1.85. The highest BCUT2D eigenvalue weighted by atomic mass is 32.2. The van der Waals surface area contributed by atoms with Gasteiger partial charge in [-0.05, 0) is 12.1 Å². The van der Waals surface area contributed by atoms with Gasteiger partial charge in [0.25, 0.3) is 14.4 Å². The third-order valence-corrected chi connectivity index (χ3v) is 5.26. The lowest BCUT2D eigenvalue weighted by Crippen LogP contribution is -2.12. The number of aromatic nitrogens is 3. The number of benzene rings is 1. The molecule has 2 N–H and O–H groups in total. The lowest BCUT2D eigenvalue weighted by Gasteiger charge is -2.04. The van der Waals surface area contributed by atoms with Gasteiger partial charge in [0.15, 0.2) is 11.5 Å². The molecule has 11 heteroatoms. The highest BCUT2D eigenvalue weighted by Gasteiger charge is 2.22. The van der Waals surface area contributed by atoms with E-state index in [4.69, 9.17) is 4.42 Å². The van der Waals surface area contributed by atoms with Gasteiger partial charge < -0.3 is 9.73 Å². The second-order valence-corrected chi connectivity index (χ2v) is 7.38. The fraction of sp³-hybridized carbons (Fsp3) is 0.167. The molecule has 1 aromatic carbocycles. The Morgan fingerprint density at radius 3 is 2.83 bits per heavy atom. The van der Waals surface area contributed by atoms with Crippen molar-refractivity contribution in [2.24, 2.45) is 0 Å². The Kier molecular flexibility index (Phi) is 3.74. The van der Waals surface area contributed by atoms with E-state index in [9.17, 15) is 13.2 Å². The maximum absolute atomic E-state index is 12.4. The second-order valence-electron chi connectivity index (χ2n) is 4.55. The van der Waals surface area contributed by atoms with E-state index in [1.54, 1.807) is 25.1 Å². The lowest BCUT2D eigenvalue weighted by atomic mass is 10.3. The highest BCUT2D eigenvalue weighted by Crippen LogP contribution is 2.28. The van der Waals surface area contributed by atoms with Crippen molar-refractivity contribution >= 4 is 49.2 Å². The minimum Gasteiger partial charge on any atom is -0.439 e. The molecule has 0 spiro atoms. The number of nitrogens with zero attached hydrogens (tertiary/aromatic N) is 3. The van der Waals surface area contributed by atoms with Gasteiger partial charge in [-0.1, -0.05) is 17.4 Å². The molecule has 2 heterocycles. The van der Waals surface area contributed by atoms with Crippen molar-refractivity contribution in [2.45, 2.75) is 18.2 Å². The Morgan fingerprint density at radius 1 is 1.30 bits per heavy atom. The highest BCUT2D eigenvalue weighted by molar-refractivity contribution is 7.94. The van der Waals surface area contributed by atoms with Crippen LogP contribution in [0.5, 0.6) is 0 Å². The number of para-hydroxylation sites is 1. The molecule has 0 bridgehead atoms. The first-order chi connectivity index (χ1) is 10.8. The van der Waals surface area contributed by atoms with Crippen molar-refractivity contribution in [3.8, 4) is 0 Å². The summed E-state index contributed by atoms with van der Waals surface area (Å²) in [5, 5.41) is 9.67. The van der Waals surface area contributed by atoms with Crippen LogP contribution in [0.15, 0.2) is 27.0 Å². The number of fused-ring (bicyclic) bond motifs is 1. The van der Waals surface area contributed by atoms with Crippen molar-refractivity contribution in [1.82, 2.24) is 15.2 Å². The first-order valence-corrected chi connectivity index (χ1v) is 8.65. The number of nitrogens with one attached hydrogen (secondary N) is 2. The van der Waals surface area contributed by atoms with Gasteiger partial charge in [-0.2, -0.15) is 8.42 Å². The zero-order valence-corrected chi connectivity index (χ0v) is 13.7. The molecule has 0 aliphatic rings. The van der Waals surface area contributed by atoms with E-state index in [1.807, 2.05) is 0 Å². The van der Waals surface area contributed by atoms with Gasteiger partial charge in [-0.3, -0.25) is 9.52 Å². The molecule has 3 aromatic rings. The zero-order chi connectivity index (χ0) is 16.6. The average Bonchev–Trinajstić information content (AvgIpc) is 3.04. The molecule has 0 aliphatic carbocycles. The first-order valence-electron chi connectivity index (χ1n) is 6.35. The van der Waals surface area contributed by atoms with Gasteiger partial charge in [0, 0.05) is 13.8 Å². The number of anilines is 2. The van der Waals surface area contributed by atoms with Crippen LogP contribution in [-0.4, -0.2) is 29.5 Å². The molecule has 0 saturated carbocycles. The van der Waals surface area contributed by atoms with Crippen LogP contribution in [0.25, 0.3) is 11.1 Å². The molecule has 23 heavy (non-hydrogen) atoms. The first kappa shape index (κ1) is 15.4. The summed E-state index contributed by atoms with van der Waals surface area (Å²) in [6.45, 7) is 2.96.